The number of benzene rings is 2. The van der Waals surface area contributed by atoms with Gasteiger partial charge in [-0.3, -0.25) is 5.41 Å². The van der Waals surface area contributed by atoms with E-state index < -0.39 is 5.82 Å². The van der Waals surface area contributed by atoms with Gasteiger partial charge in [-0.15, -0.1) is 0 Å². The van der Waals surface area contributed by atoms with Gasteiger partial charge < -0.3 is 5.32 Å². The molecule has 6 heteroatoms. The molecule has 0 radical (unpaired) electrons. The molecule has 0 unspecified atom stereocenters. The molecule has 0 amide bonds. The predicted octanol–water partition coefficient (Wildman–Crippen LogP) is 4.00. The molecule has 3 rings (SSSR count). The number of nitrogens with one attached hydrogen (secondary N) is 2. The SMILES string of the molecule is N=C(/C=C(\NCCc1ccccc1F)c1ccccc1F)c1ncccn1. The average Bonchev–Trinajstić information content (AvgIpc) is 2.70. The Kier molecular flexibility index (Phi) is 5.99. The van der Waals surface area contributed by atoms with E-state index >= 15 is 0 Å². The summed E-state index contributed by atoms with van der Waals surface area (Å²) in [5, 5.41) is 11.3. The van der Waals surface area contributed by atoms with Gasteiger partial charge in [-0.25, -0.2) is 18.7 Å². The smallest absolute Gasteiger partial charge is 0.177 e. The summed E-state index contributed by atoms with van der Waals surface area (Å²) in [6.45, 7) is 0.379. The van der Waals surface area contributed by atoms with Crippen molar-refractivity contribution in [2.45, 2.75) is 6.42 Å². The van der Waals surface area contributed by atoms with Crippen molar-refractivity contribution in [2.24, 2.45) is 0 Å². The quantitative estimate of drug-likeness (QED) is 0.623. The Morgan fingerprint density at radius 3 is 2.30 bits per heavy atom. The summed E-state index contributed by atoms with van der Waals surface area (Å²) < 4.78 is 28.0. The van der Waals surface area contributed by atoms with E-state index in [1.165, 1.54) is 18.2 Å². The highest BCUT2D eigenvalue weighted by Crippen LogP contribution is 2.17. The standard InChI is InChI=1S/C21H18F2N4/c22-17-8-3-1-6-15(17)10-13-25-20(16-7-2-4-9-18(16)23)14-19(24)21-26-11-5-12-27-21/h1-9,11-12,14,24-25H,10,13H2/b20-14-,24-19?. The minimum atomic E-state index is -0.413. The van der Waals surface area contributed by atoms with E-state index in [2.05, 4.69) is 15.3 Å². The zero-order valence-corrected chi connectivity index (χ0v) is 14.5. The Morgan fingerprint density at radius 2 is 1.59 bits per heavy atom. The van der Waals surface area contributed by atoms with E-state index in [4.69, 9.17) is 5.41 Å². The lowest BCUT2D eigenvalue weighted by Gasteiger charge is -2.13. The molecular weight excluding hydrogens is 346 g/mol. The number of halogens is 2. The molecule has 0 spiro atoms. The van der Waals surface area contributed by atoms with E-state index in [0.29, 0.717) is 29.8 Å². The van der Waals surface area contributed by atoms with E-state index in [9.17, 15) is 8.78 Å². The molecule has 0 saturated heterocycles. The van der Waals surface area contributed by atoms with Crippen molar-refractivity contribution < 1.29 is 8.78 Å². The molecule has 1 aromatic heterocycles. The fraction of sp³-hybridized carbons (Fsp3) is 0.0952. The first-order chi connectivity index (χ1) is 13.1. The molecule has 0 fully saturated rings. The van der Waals surface area contributed by atoms with Crippen LogP contribution in [0.5, 0.6) is 0 Å². The minimum Gasteiger partial charge on any atom is -0.384 e. The molecular formula is C21H18F2N4. The summed E-state index contributed by atoms with van der Waals surface area (Å²) in [6, 6.07) is 14.5. The highest BCUT2D eigenvalue weighted by atomic mass is 19.1. The monoisotopic (exact) mass is 364 g/mol. The lowest BCUT2D eigenvalue weighted by molar-refractivity contribution is 0.605. The van der Waals surface area contributed by atoms with Crippen molar-refractivity contribution in [1.82, 2.24) is 15.3 Å². The van der Waals surface area contributed by atoms with Crippen molar-refractivity contribution >= 4 is 11.4 Å². The van der Waals surface area contributed by atoms with Crippen molar-refractivity contribution in [3.05, 3.63) is 102 Å². The number of hydrogen-bond acceptors (Lipinski definition) is 4. The first-order valence-electron chi connectivity index (χ1n) is 8.45. The second kappa shape index (κ2) is 8.80. The third-order valence-electron chi connectivity index (χ3n) is 3.93. The molecule has 3 aromatic rings. The molecule has 136 valence electrons. The number of hydrogen-bond donors (Lipinski definition) is 2. The van der Waals surface area contributed by atoms with Gasteiger partial charge in [0.2, 0.25) is 0 Å². The molecule has 0 aliphatic heterocycles. The summed E-state index contributed by atoms with van der Waals surface area (Å²) in [5.74, 6) is -0.452. The van der Waals surface area contributed by atoms with E-state index in [0.717, 1.165) is 0 Å². The molecule has 0 aliphatic carbocycles. The number of allylic oxidation sites excluding steroid dienone is 1. The van der Waals surface area contributed by atoms with Crippen LogP contribution in [-0.2, 0) is 6.42 Å². The zero-order valence-electron chi connectivity index (χ0n) is 14.5. The van der Waals surface area contributed by atoms with Crippen molar-refractivity contribution in [3.8, 4) is 0 Å². The van der Waals surface area contributed by atoms with Crippen molar-refractivity contribution in [3.63, 3.8) is 0 Å². The van der Waals surface area contributed by atoms with Gasteiger partial charge in [0, 0.05) is 30.2 Å². The maximum Gasteiger partial charge on any atom is 0.177 e. The Labute approximate surface area is 156 Å². The van der Waals surface area contributed by atoms with Gasteiger partial charge >= 0.3 is 0 Å². The third kappa shape index (κ3) is 4.82. The van der Waals surface area contributed by atoms with Crippen molar-refractivity contribution in [1.29, 1.82) is 5.41 Å². The highest BCUT2D eigenvalue weighted by molar-refractivity contribution is 6.07. The Balaban J connectivity index is 1.82. The predicted molar refractivity (Wildman–Crippen MR) is 101 cm³/mol. The van der Waals surface area contributed by atoms with Crippen LogP contribution in [0.25, 0.3) is 5.70 Å². The van der Waals surface area contributed by atoms with E-state index in [1.807, 2.05) is 0 Å². The maximum atomic E-state index is 14.3. The number of aromatic nitrogens is 2. The molecule has 4 nitrogen and oxygen atoms in total. The van der Waals surface area contributed by atoms with Gasteiger partial charge in [0.25, 0.3) is 0 Å². The lowest BCUT2D eigenvalue weighted by atomic mass is 10.1. The molecule has 0 saturated carbocycles. The van der Waals surface area contributed by atoms with Gasteiger partial charge in [-0.1, -0.05) is 30.3 Å². The second-order valence-electron chi connectivity index (χ2n) is 5.79. The fourth-order valence-corrected chi connectivity index (χ4v) is 2.58. The highest BCUT2D eigenvalue weighted by Gasteiger charge is 2.10. The molecule has 2 aromatic carbocycles. The van der Waals surface area contributed by atoms with Crippen LogP contribution in [0.2, 0.25) is 0 Å². The normalized spacial score (nSPS) is 11.3. The minimum absolute atomic E-state index is 0.0484. The van der Waals surface area contributed by atoms with Crippen LogP contribution >= 0.6 is 0 Å². The summed E-state index contributed by atoms with van der Waals surface area (Å²) in [6.07, 6.45) is 4.99. The van der Waals surface area contributed by atoms with Crippen LogP contribution in [-0.4, -0.2) is 22.2 Å². The topological polar surface area (TPSA) is 61.7 Å². The summed E-state index contributed by atoms with van der Waals surface area (Å²) in [4.78, 5) is 8.07. The first-order valence-corrected chi connectivity index (χ1v) is 8.45. The van der Waals surface area contributed by atoms with E-state index in [-0.39, 0.29) is 17.4 Å². The summed E-state index contributed by atoms with van der Waals surface area (Å²) in [5.41, 5.74) is 1.36. The second-order valence-corrected chi connectivity index (χ2v) is 5.79. The van der Waals surface area contributed by atoms with Crippen LogP contribution in [0, 0.1) is 17.0 Å². The van der Waals surface area contributed by atoms with Gasteiger partial charge in [-0.05, 0) is 42.3 Å². The van der Waals surface area contributed by atoms with Gasteiger partial charge in [0.05, 0.1) is 0 Å². The van der Waals surface area contributed by atoms with Crippen LogP contribution in [0.1, 0.15) is 17.0 Å². The van der Waals surface area contributed by atoms with Crippen LogP contribution in [0.15, 0.2) is 73.1 Å². The van der Waals surface area contributed by atoms with Gasteiger partial charge in [0.1, 0.15) is 17.3 Å². The maximum absolute atomic E-state index is 14.3. The van der Waals surface area contributed by atoms with Gasteiger partial charge in [0.15, 0.2) is 5.82 Å². The molecule has 1 heterocycles. The third-order valence-corrected chi connectivity index (χ3v) is 3.93. The molecule has 0 aliphatic rings. The largest absolute Gasteiger partial charge is 0.384 e. The van der Waals surface area contributed by atoms with Crippen LogP contribution < -0.4 is 5.32 Å². The molecule has 27 heavy (non-hydrogen) atoms. The first kappa shape index (κ1) is 18.4. The van der Waals surface area contributed by atoms with Gasteiger partial charge in [-0.2, -0.15) is 0 Å². The fourth-order valence-electron chi connectivity index (χ4n) is 2.58. The lowest BCUT2D eigenvalue weighted by Crippen LogP contribution is -2.18. The van der Waals surface area contributed by atoms with E-state index in [1.54, 1.807) is 54.9 Å². The molecule has 0 atom stereocenters. The Hall–Kier alpha value is -3.41. The number of nitrogens with zero attached hydrogens (tertiary/aromatic N) is 2. The average molecular weight is 364 g/mol. The van der Waals surface area contributed by atoms with Crippen LogP contribution in [0.3, 0.4) is 0 Å². The summed E-state index contributed by atoms with van der Waals surface area (Å²) >= 11 is 0. The Bertz CT molecular complexity index is 955. The number of rotatable bonds is 7. The van der Waals surface area contributed by atoms with Crippen molar-refractivity contribution in [2.75, 3.05) is 6.54 Å². The Morgan fingerprint density at radius 1 is 0.926 bits per heavy atom. The zero-order chi connectivity index (χ0) is 19.1. The molecule has 0 bridgehead atoms. The molecule has 2 N–H and O–H groups in total. The summed E-state index contributed by atoms with van der Waals surface area (Å²) in [7, 11) is 0. The van der Waals surface area contributed by atoms with Crippen LogP contribution in [0.4, 0.5) is 8.78 Å².